The minimum atomic E-state index is -0.734. The second-order valence-electron chi connectivity index (χ2n) is 10.1. The van der Waals surface area contributed by atoms with Crippen molar-refractivity contribution in [2.75, 3.05) is 32.7 Å². The molecule has 8 heteroatoms. The van der Waals surface area contributed by atoms with Gasteiger partial charge >= 0.3 is 5.97 Å². The standard InChI is InChI=1S/C28H33Cl2N3O3/c29-24-6-5-22(16-25(24)30)36-21-9-11-32(12-10-21)18-19-7-13-33(14-8-19)27(28(34)35)15-20-17-31-26-4-2-1-3-23(20)26/h1-6,16-17,19,21,27,31H,7-15,18H2,(H,34,35). The van der Waals surface area contributed by atoms with Crippen molar-refractivity contribution >= 4 is 40.1 Å². The first-order valence-electron chi connectivity index (χ1n) is 12.8. The highest BCUT2D eigenvalue weighted by Gasteiger charge is 2.31. The van der Waals surface area contributed by atoms with Crippen LogP contribution in [0.4, 0.5) is 0 Å². The molecular weight excluding hydrogens is 497 g/mol. The number of fused-ring (bicyclic) bond motifs is 1. The molecule has 0 amide bonds. The predicted molar refractivity (Wildman–Crippen MR) is 144 cm³/mol. The van der Waals surface area contributed by atoms with E-state index >= 15 is 0 Å². The summed E-state index contributed by atoms with van der Waals surface area (Å²) in [4.78, 5) is 20.1. The molecule has 3 aromatic rings. The van der Waals surface area contributed by atoms with E-state index in [0.29, 0.717) is 22.4 Å². The number of hydrogen-bond donors (Lipinski definition) is 2. The topological polar surface area (TPSA) is 68.8 Å². The van der Waals surface area contributed by atoms with E-state index in [4.69, 9.17) is 27.9 Å². The van der Waals surface area contributed by atoms with Gasteiger partial charge in [0.1, 0.15) is 17.9 Å². The normalized spacial score (nSPS) is 19.5. The Labute approximate surface area is 222 Å². The van der Waals surface area contributed by atoms with Gasteiger partial charge in [0, 0.05) is 49.2 Å². The molecule has 2 aromatic carbocycles. The molecule has 36 heavy (non-hydrogen) atoms. The van der Waals surface area contributed by atoms with Gasteiger partial charge in [0.15, 0.2) is 0 Å². The number of likely N-dealkylation sites (tertiary alicyclic amines) is 2. The van der Waals surface area contributed by atoms with E-state index in [1.165, 1.54) is 0 Å². The van der Waals surface area contributed by atoms with Crippen molar-refractivity contribution in [3.05, 3.63) is 64.3 Å². The molecule has 192 valence electrons. The molecule has 1 unspecified atom stereocenters. The van der Waals surface area contributed by atoms with Crippen LogP contribution >= 0.6 is 23.2 Å². The molecule has 0 spiro atoms. The summed E-state index contributed by atoms with van der Waals surface area (Å²) in [5.74, 6) is 0.648. The third kappa shape index (κ3) is 6.00. The van der Waals surface area contributed by atoms with Crippen molar-refractivity contribution < 1.29 is 14.6 Å². The molecule has 1 atom stereocenters. The SMILES string of the molecule is O=C(O)C(Cc1c[nH]c2ccccc12)N1CCC(CN2CCC(Oc3ccc(Cl)c(Cl)c3)CC2)CC1. The summed E-state index contributed by atoms with van der Waals surface area (Å²) >= 11 is 12.1. The van der Waals surface area contributed by atoms with Gasteiger partial charge in [-0.15, -0.1) is 0 Å². The molecule has 3 heterocycles. The molecule has 6 nitrogen and oxygen atoms in total. The van der Waals surface area contributed by atoms with Crippen LogP contribution in [-0.4, -0.2) is 70.7 Å². The quantitative estimate of drug-likeness (QED) is 0.390. The molecule has 2 fully saturated rings. The van der Waals surface area contributed by atoms with Crippen molar-refractivity contribution in [1.29, 1.82) is 0 Å². The van der Waals surface area contributed by atoms with Crippen LogP contribution in [0.1, 0.15) is 31.2 Å². The van der Waals surface area contributed by atoms with Gasteiger partial charge in [0.05, 0.1) is 10.0 Å². The van der Waals surface area contributed by atoms with Crippen molar-refractivity contribution in [2.45, 2.75) is 44.2 Å². The van der Waals surface area contributed by atoms with E-state index < -0.39 is 12.0 Å². The lowest BCUT2D eigenvalue weighted by Gasteiger charge is -2.39. The predicted octanol–water partition coefficient (Wildman–Crippen LogP) is 5.73. The van der Waals surface area contributed by atoms with Crippen LogP contribution in [0.3, 0.4) is 0 Å². The number of nitrogens with one attached hydrogen (secondary N) is 1. The van der Waals surface area contributed by atoms with Crippen molar-refractivity contribution in [1.82, 2.24) is 14.8 Å². The monoisotopic (exact) mass is 529 g/mol. The molecule has 2 saturated heterocycles. The number of halogens is 2. The Bertz CT molecular complexity index is 1180. The van der Waals surface area contributed by atoms with Gasteiger partial charge in [-0.3, -0.25) is 9.69 Å². The highest BCUT2D eigenvalue weighted by atomic mass is 35.5. The molecule has 1 aromatic heterocycles. The number of aromatic nitrogens is 1. The van der Waals surface area contributed by atoms with Crippen molar-refractivity contribution in [3.63, 3.8) is 0 Å². The molecule has 0 saturated carbocycles. The van der Waals surface area contributed by atoms with Gasteiger partial charge < -0.3 is 19.7 Å². The summed E-state index contributed by atoms with van der Waals surface area (Å²) < 4.78 is 6.13. The van der Waals surface area contributed by atoms with Crippen molar-refractivity contribution in [2.24, 2.45) is 5.92 Å². The lowest BCUT2D eigenvalue weighted by atomic mass is 9.93. The van der Waals surface area contributed by atoms with E-state index in [-0.39, 0.29) is 6.10 Å². The molecule has 2 aliphatic heterocycles. The van der Waals surface area contributed by atoms with Crippen LogP contribution < -0.4 is 4.74 Å². The van der Waals surface area contributed by atoms with Gasteiger partial charge in [-0.1, -0.05) is 41.4 Å². The number of aromatic amines is 1. The van der Waals surface area contributed by atoms with Crippen molar-refractivity contribution in [3.8, 4) is 5.75 Å². The van der Waals surface area contributed by atoms with E-state index in [0.717, 1.165) is 80.6 Å². The van der Waals surface area contributed by atoms with E-state index in [9.17, 15) is 9.90 Å². The van der Waals surface area contributed by atoms with Crippen LogP contribution in [0.15, 0.2) is 48.7 Å². The average Bonchev–Trinajstić information content (AvgIpc) is 3.29. The smallest absolute Gasteiger partial charge is 0.321 e. The molecule has 0 bridgehead atoms. The second-order valence-corrected chi connectivity index (χ2v) is 10.9. The largest absolute Gasteiger partial charge is 0.490 e. The molecule has 0 radical (unpaired) electrons. The number of aliphatic carboxylic acids is 1. The van der Waals surface area contributed by atoms with Gasteiger partial charge in [0.2, 0.25) is 0 Å². The van der Waals surface area contributed by atoms with Gasteiger partial charge in [-0.25, -0.2) is 0 Å². The Kier molecular flexibility index (Phi) is 8.06. The van der Waals surface area contributed by atoms with Gasteiger partial charge in [-0.05, 0) is 68.5 Å². The highest BCUT2D eigenvalue weighted by Crippen LogP contribution is 2.29. The summed E-state index contributed by atoms with van der Waals surface area (Å²) in [6.45, 7) is 4.78. The van der Waals surface area contributed by atoms with E-state index in [1.807, 2.05) is 30.5 Å². The first-order valence-corrected chi connectivity index (χ1v) is 13.6. The Hall–Kier alpha value is -2.25. The number of ether oxygens (including phenoxy) is 1. The molecule has 2 aliphatic rings. The Balaban J connectivity index is 1.08. The van der Waals surface area contributed by atoms with Gasteiger partial charge in [-0.2, -0.15) is 0 Å². The zero-order valence-corrected chi connectivity index (χ0v) is 21.8. The third-order valence-electron chi connectivity index (χ3n) is 7.71. The van der Waals surface area contributed by atoms with Crippen LogP contribution in [0.25, 0.3) is 10.9 Å². The van der Waals surface area contributed by atoms with E-state index in [2.05, 4.69) is 20.9 Å². The number of carboxylic acid groups (broad SMARTS) is 1. The van der Waals surface area contributed by atoms with Crippen LogP contribution in [0.5, 0.6) is 5.75 Å². The van der Waals surface area contributed by atoms with Crippen LogP contribution in [0.2, 0.25) is 10.0 Å². The Morgan fingerprint density at radius 3 is 2.50 bits per heavy atom. The maximum absolute atomic E-state index is 12.2. The number of rotatable bonds is 8. The van der Waals surface area contributed by atoms with E-state index in [1.54, 1.807) is 12.1 Å². The summed E-state index contributed by atoms with van der Waals surface area (Å²) in [7, 11) is 0. The maximum Gasteiger partial charge on any atom is 0.321 e. The zero-order chi connectivity index (χ0) is 25.1. The number of para-hydroxylation sites is 1. The number of hydrogen-bond acceptors (Lipinski definition) is 4. The lowest BCUT2D eigenvalue weighted by molar-refractivity contribution is -0.144. The first-order chi connectivity index (χ1) is 17.5. The number of piperidine rings is 2. The summed E-state index contributed by atoms with van der Waals surface area (Å²) in [5, 5.41) is 12.2. The number of carboxylic acids is 1. The maximum atomic E-state index is 12.2. The fourth-order valence-corrected chi connectivity index (χ4v) is 5.93. The number of carbonyl (C=O) groups is 1. The fourth-order valence-electron chi connectivity index (χ4n) is 5.65. The summed E-state index contributed by atoms with van der Waals surface area (Å²) in [6, 6.07) is 13.0. The molecule has 5 rings (SSSR count). The number of nitrogens with zero attached hydrogens (tertiary/aromatic N) is 2. The Morgan fingerprint density at radius 1 is 1.03 bits per heavy atom. The summed E-state index contributed by atoms with van der Waals surface area (Å²) in [6.07, 6.45) is 6.74. The Morgan fingerprint density at radius 2 is 1.78 bits per heavy atom. The van der Waals surface area contributed by atoms with Crippen LogP contribution in [-0.2, 0) is 11.2 Å². The van der Waals surface area contributed by atoms with Gasteiger partial charge in [0.25, 0.3) is 0 Å². The minimum Gasteiger partial charge on any atom is -0.490 e. The number of H-pyrrole nitrogens is 1. The second kappa shape index (κ2) is 11.4. The molecule has 0 aliphatic carbocycles. The zero-order valence-electron chi connectivity index (χ0n) is 20.3. The fraction of sp³-hybridized carbons (Fsp3) is 0.464. The average molecular weight is 530 g/mol. The summed E-state index contributed by atoms with van der Waals surface area (Å²) in [5.41, 5.74) is 2.13. The van der Waals surface area contributed by atoms with Crippen LogP contribution in [0, 0.1) is 5.92 Å². The molecular formula is C28H33Cl2N3O3. The lowest BCUT2D eigenvalue weighted by Crippen LogP contribution is -2.48. The molecule has 2 N–H and O–H groups in total. The first kappa shape index (κ1) is 25.4. The third-order valence-corrected chi connectivity index (χ3v) is 8.45. The minimum absolute atomic E-state index is 0.196. The number of benzene rings is 2. The highest BCUT2D eigenvalue weighted by molar-refractivity contribution is 6.42.